The van der Waals surface area contributed by atoms with Crippen molar-refractivity contribution in [3.05, 3.63) is 207 Å². The molecule has 0 saturated heterocycles. The minimum atomic E-state index is 0.615. The van der Waals surface area contributed by atoms with Crippen molar-refractivity contribution in [2.45, 2.75) is 0 Å². The van der Waals surface area contributed by atoms with Gasteiger partial charge in [0.2, 0.25) is 0 Å². The van der Waals surface area contributed by atoms with Crippen LogP contribution in [0.4, 0.5) is 0 Å². The Morgan fingerprint density at radius 1 is 0.344 bits per heavy atom. The van der Waals surface area contributed by atoms with Crippen molar-refractivity contribution in [3.8, 4) is 89.2 Å². The van der Waals surface area contributed by atoms with E-state index < -0.39 is 0 Å². The van der Waals surface area contributed by atoms with Gasteiger partial charge in [0, 0.05) is 84.1 Å². The van der Waals surface area contributed by atoms with E-state index in [0.717, 1.165) is 82.5 Å². The van der Waals surface area contributed by atoms with Crippen molar-refractivity contribution in [2.75, 3.05) is 0 Å². The van der Waals surface area contributed by atoms with E-state index in [9.17, 15) is 0 Å². The summed E-state index contributed by atoms with van der Waals surface area (Å²) in [4.78, 5) is 30.5. The highest BCUT2D eigenvalue weighted by atomic mass is 32.1. The third-order valence-electron chi connectivity index (χ3n) is 10.9. The molecule has 0 saturated carbocycles. The van der Waals surface area contributed by atoms with Crippen LogP contribution >= 0.6 is 11.3 Å². The van der Waals surface area contributed by atoms with Crippen LogP contribution in [0.3, 0.4) is 0 Å². The first-order chi connectivity index (χ1) is 30.2. The zero-order valence-electron chi connectivity index (χ0n) is 32.7. The van der Waals surface area contributed by atoms with Gasteiger partial charge in [-0.05, 0) is 46.5 Å². The second-order valence-corrected chi connectivity index (χ2v) is 15.8. The molecular formula is C54H34N6S. The van der Waals surface area contributed by atoms with Crippen LogP contribution < -0.4 is 0 Å². The van der Waals surface area contributed by atoms with Crippen LogP contribution in [0.5, 0.6) is 0 Å². The molecule has 0 atom stereocenters. The highest BCUT2D eigenvalue weighted by Gasteiger charge is 2.23. The molecule has 11 aromatic rings. The van der Waals surface area contributed by atoms with Crippen molar-refractivity contribution in [1.82, 2.24) is 29.9 Å². The Bertz CT molecular complexity index is 3320. The number of pyridine rings is 3. The summed E-state index contributed by atoms with van der Waals surface area (Å²) in [6.45, 7) is 0. The minimum Gasteiger partial charge on any atom is -0.264 e. The number of para-hydroxylation sites is 1. The molecule has 5 aromatic heterocycles. The quantitative estimate of drug-likeness (QED) is 0.152. The smallest absolute Gasteiger partial charge is 0.164 e. The molecule has 0 aliphatic carbocycles. The molecule has 7 heteroatoms. The van der Waals surface area contributed by atoms with Gasteiger partial charge in [0.15, 0.2) is 17.5 Å². The van der Waals surface area contributed by atoms with Gasteiger partial charge in [0.1, 0.15) is 0 Å². The lowest BCUT2D eigenvalue weighted by Crippen LogP contribution is -2.00. The lowest BCUT2D eigenvalue weighted by Gasteiger charge is -2.12. The number of hydrogen-bond acceptors (Lipinski definition) is 7. The van der Waals surface area contributed by atoms with E-state index in [1.54, 1.807) is 11.3 Å². The summed E-state index contributed by atoms with van der Waals surface area (Å²) in [7, 11) is 0. The predicted molar refractivity (Wildman–Crippen MR) is 250 cm³/mol. The molecule has 5 heterocycles. The van der Waals surface area contributed by atoms with E-state index in [2.05, 4.69) is 143 Å². The number of fused-ring (bicyclic) bond motifs is 3. The highest BCUT2D eigenvalue weighted by Crippen LogP contribution is 2.50. The topological polar surface area (TPSA) is 77.3 Å². The van der Waals surface area contributed by atoms with E-state index in [1.165, 1.54) is 10.3 Å². The molecule has 6 aromatic carbocycles. The molecule has 286 valence electrons. The summed E-state index contributed by atoms with van der Waals surface area (Å²) in [5.41, 5.74) is 13.4. The van der Waals surface area contributed by atoms with E-state index in [4.69, 9.17) is 19.9 Å². The molecular weight excluding hydrogens is 765 g/mol. The van der Waals surface area contributed by atoms with Crippen molar-refractivity contribution < 1.29 is 0 Å². The summed E-state index contributed by atoms with van der Waals surface area (Å²) in [6.07, 6.45) is 7.51. The molecule has 0 bridgehead atoms. The normalized spacial score (nSPS) is 11.3. The minimum absolute atomic E-state index is 0.615. The molecule has 61 heavy (non-hydrogen) atoms. The van der Waals surface area contributed by atoms with Crippen LogP contribution in [-0.4, -0.2) is 29.9 Å². The molecule has 11 rings (SSSR count). The Morgan fingerprint density at radius 3 is 1.44 bits per heavy atom. The Hall–Kier alpha value is -8.00. The summed E-state index contributed by atoms with van der Waals surface area (Å²) < 4.78 is 1.19. The fraction of sp³-hybridized carbons (Fsp3) is 0. The van der Waals surface area contributed by atoms with E-state index >= 15 is 0 Å². The van der Waals surface area contributed by atoms with Crippen molar-refractivity contribution in [3.63, 3.8) is 0 Å². The Kier molecular flexibility index (Phi) is 9.26. The van der Waals surface area contributed by atoms with Crippen LogP contribution in [0, 0.1) is 0 Å². The van der Waals surface area contributed by atoms with Crippen LogP contribution in [0.1, 0.15) is 0 Å². The number of rotatable bonds is 8. The first-order valence-electron chi connectivity index (χ1n) is 20.1. The lowest BCUT2D eigenvalue weighted by molar-refractivity contribution is 1.07. The molecule has 6 nitrogen and oxygen atoms in total. The lowest BCUT2D eigenvalue weighted by atomic mass is 9.94. The Morgan fingerprint density at radius 2 is 0.820 bits per heavy atom. The summed E-state index contributed by atoms with van der Waals surface area (Å²) in [5.74, 6) is 1.87. The molecule has 0 amide bonds. The molecule has 0 unspecified atom stereocenters. The zero-order valence-corrected chi connectivity index (χ0v) is 33.5. The molecule has 0 aliphatic rings. The van der Waals surface area contributed by atoms with Gasteiger partial charge < -0.3 is 0 Å². The van der Waals surface area contributed by atoms with Crippen molar-refractivity contribution in [2.24, 2.45) is 0 Å². The first-order valence-corrected chi connectivity index (χ1v) is 20.9. The molecule has 0 N–H and O–H groups in total. The maximum absolute atomic E-state index is 5.39. The second kappa shape index (κ2) is 15.6. The number of hydrogen-bond donors (Lipinski definition) is 0. The monoisotopic (exact) mass is 798 g/mol. The maximum atomic E-state index is 5.39. The highest BCUT2D eigenvalue weighted by molar-refractivity contribution is 7.24. The molecule has 0 radical (unpaired) electrons. The number of aromatic nitrogens is 6. The average Bonchev–Trinajstić information content (AvgIpc) is 3.76. The summed E-state index contributed by atoms with van der Waals surface area (Å²) >= 11 is 1.78. The number of thiophene rings is 1. The van der Waals surface area contributed by atoms with Gasteiger partial charge in [-0.2, -0.15) is 0 Å². The third-order valence-corrected chi connectivity index (χ3v) is 12.2. The van der Waals surface area contributed by atoms with Crippen LogP contribution in [0.2, 0.25) is 0 Å². The van der Waals surface area contributed by atoms with Gasteiger partial charge in [0.25, 0.3) is 0 Å². The van der Waals surface area contributed by atoms with Crippen molar-refractivity contribution >= 4 is 32.3 Å². The van der Waals surface area contributed by atoms with Gasteiger partial charge in [-0.25, -0.2) is 19.9 Å². The zero-order chi connectivity index (χ0) is 40.5. The average molecular weight is 799 g/mol. The Balaban J connectivity index is 1.00. The van der Waals surface area contributed by atoms with Crippen LogP contribution in [-0.2, 0) is 0 Å². The predicted octanol–water partition coefficient (Wildman–Crippen LogP) is 13.8. The fourth-order valence-electron chi connectivity index (χ4n) is 7.93. The van der Waals surface area contributed by atoms with E-state index in [0.29, 0.717) is 17.5 Å². The summed E-state index contributed by atoms with van der Waals surface area (Å²) in [5, 5.41) is 2.23. The van der Waals surface area contributed by atoms with Gasteiger partial charge in [-0.1, -0.05) is 158 Å². The first kappa shape index (κ1) is 36.1. The number of nitrogens with zero attached hydrogens (tertiary/aromatic N) is 6. The second-order valence-electron chi connectivity index (χ2n) is 14.7. The largest absolute Gasteiger partial charge is 0.264 e. The van der Waals surface area contributed by atoms with Crippen LogP contribution in [0.25, 0.3) is 110 Å². The third kappa shape index (κ3) is 6.93. The SMILES string of the molecule is c1ccc(-c2ccc(-c3nc(-c4ccccc4)nc(-c4ccc(-c5cccc(-c6nc7ccccc7c7sc(-c8cccnc8)c(-c8cccnc8)c67)c5)cc4)n3)cc2)cc1. The van der Waals surface area contributed by atoms with Gasteiger partial charge in [-0.15, -0.1) is 11.3 Å². The number of benzene rings is 6. The molecule has 0 spiro atoms. The standard InChI is InChI=1S/C54H34N6S/c1-3-12-35(13-4-1)36-22-26-39(27-23-36)53-58-52(38-14-5-2-6-15-38)59-54(60-53)40-28-24-37(25-29-40)41-16-9-17-42(32-41)49-48-47(43-18-10-30-55-33-43)50(44-19-11-31-56-34-44)61-51(48)45-20-7-8-21-46(45)57-49/h1-34H. The molecule has 0 aliphatic heterocycles. The van der Waals surface area contributed by atoms with E-state index in [-0.39, 0.29) is 0 Å². The van der Waals surface area contributed by atoms with Gasteiger partial charge in [0.05, 0.1) is 11.2 Å². The van der Waals surface area contributed by atoms with Crippen LogP contribution in [0.15, 0.2) is 207 Å². The van der Waals surface area contributed by atoms with Crippen molar-refractivity contribution in [1.29, 1.82) is 0 Å². The fourth-order valence-corrected chi connectivity index (χ4v) is 9.28. The molecule has 0 fully saturated rings. The van der Waals surface area contributed by atoms with E-state index in [1.807, 2.05) is 73.3 Å². The summed E-state index contributed by atoms with van der Waals surface area (Å²) in [6, 6.07) is 62.7. The van der Waals surface area contributed by atoms with Gasteiger partial charge in [-0.3, -0.25) is 9.97 Å². The maximum Gasteiger partial charge on any atom is 0.164 e. The Labute approximate surface area is 356 Å². The van der Waals surface area contributed by atoms with Gasteiger partial charge >= 0.3 is 0 Å².